The third kappa shape index (κ3) is 3.37. The first-order chi connectivity index (χ1) is 13.2. The molecule has 0 aliphatic rings. The van der Waals surface area contributed by atoms with Crippen molar-refractivity contribution in [2.45, 2.75) is 0 Å². The van der Waals surface area contributed by atoms with Crippen molar-refractivity contribution in [3.8, 4) is 17.0 Å². The van der Waals surface area contributed by atoms with Crippen molar-refractivity contribution in [2.24, 2.45) is 0 Å². The van der Waals surface area contributed by atoms with Crippen LogP contribution in [0.25, 0.3) is 22.2 Å². The minimum atomic E-state index is -0.463. The zero-order chi connectivity index (χ0) is 18.8. The summed E-state index contributed by atoms with van der Waals surface area (Å²) in [7, 11) is 1.41. The predicted molar refractivity (Wildman–Crippen MR) is 104 cm³/mol. The Kier molecular flexibility index (Phi) is 4.52. The molecule has 27 heavy (non-hydrogen) atoms. The summed E-state index contributed by atoms with van der Waals surface area (Å²) >= 11 is 1.27. The topological polar surface area (TPSA) is 64.1 Å². The SMILES string of the molecule is COc1ccc(-c2csc(NC(=O)c3cccc4cccnc34)n2)cc1F. The number of carbonyl (C=O) groups is 1. The van der Waals surface area contributed by atoms with E-state index in [0.717, 1.165) is 5.39 Å². The van der Waals surface area contributed by atoms with Crippen LogP contribution >= 0.6 is 11.3 Å². The number of nitrogens with zero attached hydrogens (tertiary/aromatic N) is 2. The molecular formula is C20H14FN3O2S. The number of nitrogens with one attached hydrogen (secondary N) is 1. The van der Waals surface area contributed by atoms with Gasteiger partial charge in [0.15, 0.2) is 16.7 Å². The molecule has 0 unspecified atom stereocenters. The molecule has 2 heterocycles. The second-order valence-electron chi connectivity index (χ2n) is 5.72. The highest BCUT2D eigenvalue weighted by atomic mass is 32.1. The summed E-state index contributed by atoms with van der Waals surface area (Å²) in [5.74, 6) is -0.581. The summed E-state index contributed by atoms with van der Waals surface area (Å²) in [6.07, 6.45) is 1.65. The lowest BCUT2D eigenvalue weighted by Gasteiger charge is -2.05. The number of benzene rings is 2. The Bertz CT molecular complexity index is 1140. The first-order valence-electron chi connectivity index (χ1n) is 8.10. The monoisotopic (exact) mass is 379 g/mol. The maximum atomic E-state index is 13.9. The lowest BCUT2D eigenvalue weighted by atomic mass is 10.1. The third-order valence-corrected chi connectivity index (χ3v) is 4.81. The van der Waals surface area contributed by atoms with E-state index in [2.05, 4.69) is 15.3 Å². The lowest BCUT2D eigenvalue weighted by Crippen LogP contribution is -2.12. The molecule has 7 heteroatoms. The maximum absolute atomic E-state index is 13.9. The van der Waals surface area contributed by atoms with Gasteiger partial charge in [0.25, 0.3) is 5.91 Å². The van der Waals surface area contributed by atoms with Crippen molar-refractivity contribution in [3.63, 3.8) is 0 Å². The van der Waals surface area contributed by atoms with Crippen LogP contribution in [0, 0.1) is 5.82 Å². The molecule has 0 saturated heterocycles. The molecule has 0 radical (unpaired) electrons. The average molecular weight is 379 g/mol. The van der Waals surface area contributed by atoms with Crippen LogP contribution in [-0.2, 0) is 0 Å². The number of pyridine rings is 1. The van der Waals surface area contributed by atoms with Crippen LogP contribution in [0.15, 0.2) is 60.1 Å². The van der Waals surface area contributed by atoms with Gasteiger partial charge in [-0.3, -0.25) is 15.1 Å². The number of amides is 1. The van der Waals surface area contributed by atoms with Gasteiger partial charge in [-0.2, -0.15) is 0 Å². The molecule has 2 aromatic carbocycles. The van der Waals surface area contributed by atoms with Crippen LogP contribution < -0.4 is 10.1 Å². The number of hydrogen-bond acceptors (Lipinski definition) is 5. The summed E-state index contributed by atoms with van der Waals surface area (Å²) in [6.45, 7) is 0. The van der Waals surface area contributed by atoms with E-state index < -0.39 is 5.82 Å². The van der Waals surface area contributed by atoms with Crippen LogP contribution in [0.2, 0.25) is 0 Å². The summed E-state index contributed by atoms with van der Waals surface area (Å²) in [5.41, 5.74) is 2.29. The van der Waals surface area contributed by atoms with Crippen molar-refractivity contribution >= 4 is 33.3 Å². The van der Waals surface area contributed by atoms with Crippen molar-refractivity contribution in [3.05, 3.63) is 71.5 Å². The molecule has 0 fully saturated rings. The standard InChI is InChI=1S/C20H14FN3O2S/c1-26-17-8-7-13(10-15(17)21)16-11-27-20(23-16)24-19(25)14-6-2-4-12-5-3-9-22-18(12)14/h2-11H,1H3,(H,23,24,25). The van der Waals surface area contributed by atoms with E-state index in [0.29, 0.717) is 27.5 Å². The van der Waals surface area contributed by atoms with E-state index in [1.807, 2.05) is 24.3 Å². The zero-order valence-corrected chi connectivity index (χ0v) is 15.1. The average Bonchev–Trinajstić information content (AvgIpc) is 3.16. The quantitative estimate of drug-likeness (QED) is 0.555. The van der Waals surface area contributed by atoms with Gasteiger partial charge >= 0.3 is 0 Å². The van der Waals surface area contributed by atoms with Gasteiger partial charge in [0, 0.05) is 22.5 Å². The fraction of sp³-hybridized carbons (Fsp3) is 0.0500. The summed E-state index contributed by atoms with van der Waals surface area (Å²) in [4.78, 5) is 21.3. The Morgan fingerprint density at radius 1 is 1.19 bits per heavy atom. The summed E-state index contributed by atoms with van der Waals surface area (Å²) in [6, 6.07) is 13.8. The Morgan fingerprint density at radius 2 is 2.04 bits per heavy atom. The van der Waals surface area contributed by atoms with E-state index in [1.54, 1.807) is 29.8 Å². The van der Waals surface area contributed by atoms with E-state index in [9.17, 15) is 9.18 Å². The number of hydrogen-bond donors (Lipinski definition) is 1. The molecule has 0 spiro atoms. The second kappa shape index (κ2) is 7.13. The van der Waals surface area contributed by atoms with Gasteiger partial charge < -0.3 is 4.74 Å². The Morgan fingerprint density at radius 3 is 2.85 bits per heavy atom. The zero-order valence-electron chi connectivity index (χ0n) is 14.3. The lowest BCUT2D eigenvalue weighted by molar-refractivity contribution is 0.102. The first-order valence-corrected chi connectivity index (χ1v) is 8.98. The van der Waals surface area contributed by atoms with Crippen LogP contribution in [0.3, 0.4) is 0 Å². The number of ether oxygens (including phenoxy) is 1. The molecule has 4 rings (SSSR count). The number of carbonyl (C=O) groups excluding carboxylic acids is 1. The molecule has 0 saturated carbocycles. The summed E-state index contributed by atoms with van der Waals surface area (Å²) < 4.78 is 18.8. The van der Waals surface area contributed by atoms with Gasteiger partial charge in [0.1, 0.15) is 0 Å². The molecule has 1 amide bonds. The van der Waals surface area contributed by atoms with Gasteiger partial charge in [0.2, 0.25) is 0 Å². The van der Waals surface area contributed by atoms with Gasteiger partial charge in [0.05, 0.1) is 23.9 Å². The largest absolute Gasteiger partial charge is 0.494 e. The number of fused-ring (bicyclic) bond motifs is 1. The van der Waals surface area contributed by atoms with Crippen molar-refractivity contribution in [1.82, 2.24) is 9.97 Å². The highest BCUT2D eigenvalue weighted by Gasteiger charge is 2.14. The smallest absolute Gasteiger partial charge is 0.259 e. The fourth-order valence-electron chi connectivity index (χ4n) is 2.74. The molecule has 0 bridgehead atoms. The minimum absolute atomic E-state index is 0.172. The third-order valence-electron chi connectivity index (χ3n) is 4.05. The molecular weight excluding hydrogens is 365 g/mol. The molecule has 1 N–H and O–H groups in total. The van der Waals surface area contributed by atoms with Crippen molar-refractivity contribution in [2.75, 3.05) is 12.4 Å². The molecule has 0 aliphatic heterocycles. The van der Waals surface area contributed by atoms with Gasteiger partial charge in [-0.1, -0.05) is 18.2 Å². The van der Waals surface area contributed by atoms with Crippen molar-refractivity contribution in [1.29, 1.82) is 0 Å². The first kappa shape index (κ1) is 17.1. The number of halogens is 1. The van der Waals surface area contributed by atoms with Crippen LogP contribution in [0.4, 0.5) is 9.52 Å². The van der Waals surface area contributed by atoms with Crippen LogP contribution in [0.5, 0.6) is 5.75 Å². The second-order valence-corrected chi connectivity index (χ2v) is 6.58. The Hall–Kier alpha value is -3.32. The predicted octanol–water partition coefficient (Wildman–Crippen LogP) is 4.76. The number of rotatable bonds is 4. The molecule has 134 valence electrons. The normalized spacial score (nSPS) is 10.7. The minimum Gasteiger partial charge on any atom is -0.494 e. The summed E-state index contributed by atoms with van der Waals surface area (Å²) in [5, 5.41) is 5.87. The molecule has 0 aliphatic carbocycles. The van der Waals surface area contributed by atoms with E-state index in [-0.39, 0.29) is 11.7 Å². The van der Waals surface area contributed by atoms with Crippen LogP contribution in [0.1, 0.15) is 10.4 Å². The van der Waals surface area contributed by atoms with Gasteiger partial charge in [-0.15, -0.1) is 11.3 Å². The molecule has 4 aromatic rings. The van der Waals surface area contributed by atoms with Gasteiger partial charge in [-0.25, -0.2) is 9.37 Å². The van der Waals surface area contributed by atoms with E-state index >= 15 is 0 Å². The Balaban J connectivity index is 1.59. The van der Waals surface area contributed by atoms with Gasteiger partial charge in [-0.05, 0) is 30.3 Å². The molecule has 5 nitrogen and oxygen atoms in total. The maximum Gasteiger partial charge on any atom is 0.259 e. The number of anilines is 1. The van der Waals surface area contributed by atoms with E-state index in [4.69, 9.17) is 4.74 Å². The number of thiazole rings is 1. The Labute approximate surface area is 158 Å². The molecule has 0 atom stereocenters. The highest BCUT2D eigenvalue weighted by Crippen LogP contribution is 2.29. The fourth-order valence-corrected chi connectivity index (χ4v) is 3.46. The van der Waals surface area contributed by atoms with Crippen LogP contribution in [-0.4, -0.2) is 23.0 Å². The van der Waals surface area contributed by atoms with E-state index in [1.165, 1.54) is 24.5 Å². The number of para-hydroxylation sites is 1. The number of aromatic nitrogens is 2. The molecule has 2 aromatic heterocycles. The number of methoxy groups -OCH3 is 1. The van der Waals surface area contributed by atoms with Crippen molar-refractivity contribution < 1.29 is 13.9 Å². The highest BCUT2D eigenvalue weighted by molar-refractivity contribution is 7.14.